The van der Waals surface area contributed by atoms with E-state index in [0.717, 1.165) is 5.56 Å². The minimum Gasteiger partial charge on any atom is -0.465 e. The fourth-order valence-electron chi connectivity index (χ4n) is 2.14. The molecule has 0 saturated carbocycles. The van der Waals surface area contributed by atoms with E-state index < -0.39 is 22.3 Å². The summed E-state index contributed by atoms with van der Waals surface area (Å²) < 4.78 is 29.5. The van der Waals surface area contributed by atoms with Crippen molar-refractivity contribution in [3.8, 4) is 0 Å². The van der Waals surface area contributed by atoms with Crippen molar-refractivity contribution >= 4 is 16.2 Å². The smallest absolute Gasteiger partial charge is 0.407 e. The van der Waals surface area contributed by atoms with E-state index in [-0.39, 0.29) is 23.9 Å². The molecule has 20 heavy (non-hydrogen) atoms. The molecule has 1 aromatic carbocycles. The fourth-order valence-corrected chi connectivity index (χ4v) is 3.30. The molecule has 1 N–H and O–H groups in total. The van der Waals surface area contributed by atoms with Crippen molar-refractivity contribution < 1.29 is 22.5 Å². The molecule has 7 heteroatoms. The van der Waals surface area contributed by atoms with Crippen LogP contribution in [0.2, 0.25) is 0 Å². The molecular formula is C13H17NO5S. The fraction of sp³-hybridized carbons (Fsp3) is 0.462. The molecule has 1 saturated heterocycles. The summed E-state index contributed by atoms with van der Waals surface area (Å²) in [4.78, 5) is 12.1. The molecule has 1 amide bonds. The lowest BCUT2D eigenvalue weighted by Gasteiger charge is -2.15. The van der Waals surface area contributed by atoms with E-state index in [1.807, 2.05) is 6.92 Å². The van der Waals surface area contributed by atoms with E-state index in [1.54, 1.807) is 19.1 Å². The first-order valence-corrected chi connectivity index (χ1v) is 7.68. The summed E-state index contributed by atoms with van der Waals surface area (Å²) in [6, 6.07) is 6.36. The lowest BCUT2D eigenvalue weighted by molar-refractivity contribution is 0.145. The topological polar surface area (TPSA) is 83.9 Å². The second kappa shape index (κ2) is 5.41. The first kappa shape index (κ1) is 14.8. The number of carbonyl (C=O) groups is 1. The number of hydrogen-bond donors (Lipinski definition) is 1. The lowest BCUT2D eigenvalue weighted by atomic mass is 10.1. The number of nitrogens with zero attached hydrogens (tertiary/aromatic N) is 1. The maximum absolute atomic E-state index is 12.1. The molecule has 1 heterocycles. The highest BCUT2D eigenvalue weighted by Gasteiger charge is 2.36. The highest BCUT2D eigenvalue weighted by atomic mass is 32.2. The third kappa shape index (κ3) is 3.10. The average Bonchev–Trinajstić information content (AvgIpc) is 2.71. The molecule has 1 fully saturated rings. The Morgan fingerprint density at radius 2 is 1.90 bits per heavy atom. The van der Waals surface area contributed by atoms with Gasteiger partial charge in [-0.2, -0.15) is 8.42 Å². The molecule has 1 aliphatic heterocycles. The van der Waals surface area contributed by atoms with Crippen molar-refractivity contribution in [1.29, 1.82) is 0 Å². The van der Waals surface area contributed by atoms with E-state index in [2.05, 4.69) is 0 Å². The van der Waals surface area contributed by atoms with Crippen LogP contribution in [0.5, 0.6) is 0 Å². The zero-order chi connectivity index (χ0) is 14.9. The van der Waals surface area contributed by atoms with Gasteiger partial charge in [-0.25, -0.2) is 4.79 Å². The zero-order valence-electron chi connectivity index (χ0n) is 11.3. The summed E-state index contributed by atoms with van der Waals surface area (Å²) in [5.41, 5.74) is 0.954. The molecular weight excluding hydrogens is 282 g/mol. The molecule has 0 unspecified atom stereocenters. The van der Waals surface area contributed by atoms with Crippen molar-refractivity contribution in [1.82, 2.24) is 4.90 Å². The molecule has 0 spiro atoms. The van der Waals surface area contributed by atoms with Crippen LogP contribution < -0.4 is 0 Å². The van der Waals surface area contributed by atoms with Gasteiger partial charge < -0.3 is 10.0 Å². The van der Waals surface area contributed by atoms with Crippen LogP contribution in [0.15, 0.2) is 29.2 Å². The Kier molecular flexibility index (Phi) is 4.01. The van der Waals surface area contributed by atoms with E-state index in [0.29, 0.717) is 0 Å². The molecule has 1 aliphatic rings. The number of hydrogen-bond acceptors (Lipinski definition) is 4. The van der Waals surface area contributed by atoms with Gasteiger partial charge in [0.1, 0.15) is 0 Å². The van der Waals surface area contributed by atoms with Gasteiger partial charge in [0.2, 0.25) is 0 Å². The maximum Gasteiger partial charge on any atom is 0.407 e. The Bertz CT molecular complexity index is 596. The Morgan fingerprint density at radius 3 is 2.40 bits per heavy atom. The van der Waals surface area contributed by atoms with Gasteiger partial charge in [-0.3, -0.25) is 4.18 Å². The van der Waals surface area contributed by atoms with E-state index >= 15 is 0 Å². The highest BCUT2D eigenvalue weighted by molar-refractivity contribution is 7.86. The molecule has 110 valence electrons. The van der Waals surface area contributed by atoms with Crippen LogP contribution in [0.4, 0.5) is 4.79 Å². The highest BCUT2D eigenvalue weighted by Crippen LogP contribution is 2.24. The number of amides is 1. The third-order valence-corrected chi connectivity index (χ3v) is 4.72. The van der Waals surface area contributed by atoms with E-state index in [9.17, 15) is 13.2 Å². The van der Waals surface area contributed by atoms with Crippen LogP contribution in [0.3, 0.4) is 0 Å². The number of aryl methyl sites for hydroxylation is 1. The Balaban J connectivity index is 2.13. The summed E-state index contributed by atoms with van der Waals surface area (Å²) in [5, 5.41) is 8.92. The molecule has 2 rings (SSSR count). The van der Waals surface area contributed by atoms with Crippen molar-refractivity contribution in [3.05, 3.63) is 29.8 Å². The van der Waals surface area contributed by atoms with Gasteiger partial charge in [0.15, 0.2) is 0 Å². The molecule has 1 aromatic rings. The predicted molar refractivity (Wildman–Crippen MR) is 72.0 cm³/mol. The zero-order valence-corrected chi connectivity index (χ0v) is 12.1. The van der Waals surface area contributed by atoms with Crippen molar-refractivity contribution in [2.45, 2.75) is 24.8 Å². The first-order valence-electron chi connectivity index (χ1n) is 6.27. The van der Waals surface area contributed by atoms with Crippen LogP contribution in [0, 0.1) is 12.8 Å². The van der Waals surface area contributed by atoms with Crippen molar-refractivity contribution in [2.24, 2.45) is 5.92 Å². The second-order valence-corrected chi connectivity index (χ2v) is 6.64. The van der Waals surface area contributed by atoms with Gasteiger partial charge in [-0.15, -0.1) is 0 Å². The summed E-state index contributed by atoms with van der Waals surface area (Å²) >= 11 is 0. The van der Waals surface area contributed by atoms with E-state index in [1.165, 1.54) is 17.0 Å². The van der Waals surface area contributed by atoms with Crippen LogP contribution in [-0.4, -0.2) is 43.7 Å². The molecule has 0 aromatic heterocycles. The van der Waals surface area contributed by atoms with Crippen LogP contribution in [0.1, 0.15) is 12.5 Å². The monoisotopic (exact) mass is 299 g/mol. The van der Waals surface area contributed by atoms with Crippen LogP contribution >= 0.6 is 0 Å². The summed E-state index contributed by atoms with van der Waals surface area (Å²) in [6.07, 6.45) is -1.70. The number of rotatable bonds is 3. The predicted octanol–water partition coefficient (Wildman–Crippen LogP) is 1.70. The SMILES string of the molecule is Cc1ccc(S(=O)(=O)O[C@H]2CN(C(=O)O)C[C@@H]2C)cc1. The van der Waals surface area contributed by atoms with Crippen LogP contribution in [0.25, 0.3) is 0 Å². The Labute approximate surface area is 118 Å². The average molecular weight is 299 g/mol. The number of likely N-dealkylation sites (tertiary alicyclic amines) is 1. The second-order valence-electron chi connectivity index (χ2n) is 5.07. The Hall–Kier alpha value is -1.60. The summed E-state index contributed by atoms with van der Waals surface area (Å²) in [7, 11) is -3.86. The minimum atomic E-state index is -3.86. The maximum atomic E-state index is 12.1. The quantitative estimate of drug-likeness (QED) is 0.859. The molecule has 0 bridgehead atoms. The minimum absolute atomic E-state index is 0.0710. The summed E-state index contributed by atoms with van der Waals surface area (Å²) in [6.45, 7) is 3.99. The lowest BCUT2D eigenvalue weighted by Crippen LogP contribution is -2.29. The summed E-state index contributed by atoms with van der Waals surface area (Å²) in [5.74, 6) is -0.161. The van der Waals surface area contributed by atoms with Crippen molar-refractivity contribution in [3.63, 3.8) is 0 Å². The number of carboxylic acid groups (broad SMARTS) is 1. The van der Waals surface area contributed by atoms with E-state index in [4.69, 9.17) is 9.29 Å². The van der Waals surface area contributed by atoms with Gasteiger partial charge in [0.25, 0.3) is 10.1 Å². The molecule has 6 nitrogen and oxygen atoms in total. The van der Waals surface area contributed by atoms with Gasteiger partial charge in [-0.1, -0.05) is 24.6 Å². The van der Waals surface area contributed by atoms with Gasteiger partial charge in [-0.05, 0) is 19.1 Å². The third-order valence-electron chi connectivity index (χ3n) is 3.37. The Morgan fingerprint density at radius 1 is 1.30 bits per heavy atom. The number of benzene rings is 1. The van der Waals surface area contributed by atoms with Crippen LogP contribution in [-0.2, 0) is 14.3 Å². The van der Waals surface area contributed by atoms with Gasteiger partial charge in [0.05, 0.1) is 17.5 Å². The standard InChI is InChI=1S/C13H17NO5S/c1-9-3-5-11(6-4-9)20(17,18)19-12-8-14(13(15)16)7-10(12)2/h3-6,10,12H,7-8H2,1-2H3,(H,15,16)/t10-,12-/m0/s1. The molecule has 2 atom stereocenters. The largest absolute Gasteiger partial charge is 0.465 e. The molecule has 0 aliphatic carbocycles. The van der Waals surface area contributed by atoms with Gasteiger partial charge in [0, 0.05) is 12.5 Å². The van der Waals surface area contributed by atoms with Gasteiger partial charge >= 0.3 is 6.09 Å². The normalized spacial score (nSPS) is 23.0. The molecule has 0 radical (unpaired) electrons. The van der Waals surface area contributed by atoms with Crippen molar-refractivity contribution in [2.75, 3.05) is 13.1 Å². The first-order chi connectivity index (χ1) is 9.29.